The lowest BCUT2D eigenvalue weighted by Crippen LogP contribution is -2.13. The summed E-state index contributed by atoms with van der Waals surface area (Å²) >= 11 is 5.88. The van der Waals surface area contributed by atoms with Crippen LogP contribution in [0, 0.1) is 0 Å². The second-order valence-electron chi connectivity index (χ2n) is 6.09. The van der Waals surface area contributed by atoms with Gasteiger partial charge in [-0.25, -0.2) is 4.98 Å². The molecule has 1 aromatic heterocycles. The van der Waals surface area contributed by atoms with Gasteiger partial charge in [-0.2, -0.15) is 0 Å². The van der Waals surface area contributed by atoms with Crippen LogP contribution in [0.2, 0.25) is 5.02 Å². The topological polar surface area (TPSA) is 60.5 Å². The Bertz CT molecular complexity index is 1000. The third kappa shape index (κ3) is 3.34. The average molecular weight is 381 g/mol. The first kappa shape index (κ1) is 17.4. The lowest BCUT2D eigenvalue weighted by atomic mass is 9.99. The summed E-state index contributed by atoms with van der Waals surface area (Å²) in [6.45, 7) is 0.549. The van der Waals surface area contributed by atoms with Crippen LogP contribution in [0.3, 0.4) is 0 Å². The lowest BCUT2D eigenvalue weighted by Gasteiger charge is -2.14. The minimum atomic E-state index is -0.262. The first-order chi connectivity index (χ1) is 13.2. The number of aromatic nitrogens is 1. The maximum absolute atomic E-state index is 12.5. The number of methoxy groups -OCH3 is 1. The van der Waals surface area contributed by atoms with Gasteiger partial charge in [-0.1, -0.05) is 29.8 Å². The molecule has 136 valence electrons. The van der Waals surface area contributed by atoms with Crippen LogP contribution in [-0.4, -0.2) is 24.6 Å². The number of halogens is 1. The van der Waals surface area contributed by atoms with Crippen LogP contribution in [0.1, 0.15) is 15.9 Å². The van der Waals surface area contributed by atoms with Crippen LogP contribution in [0.4, 0.5) is 5.82 Å². The predicted octanol–water partition coefficient (Wildman–Crippen LogP) is 4.60. The van der Waals surface area contributed by atoms with Gasteiger partial charge in [-0.3, -0.25) is 4.79 Å². The number of amides is 1. The molecule has 0 atom stereocenters. The second-order valence-corrected chi connectivity index (χ2v) is 6.52. The number of ether oxygens (including phenoxy) is 2. The number of fused-ring (bicyclic) bond motifs is 1. The van der Waals surface area contributed by atoms with Gasteiger partial charge in [-0.15, -0.1) is 0 Å². The Morgan fingerprint density at radius 3 is 2.70 bits per heavy atom. The number of para-hydroxylation sites is 1. The number of nitrogens with zero attached hydrogens (tertiary/aromatic N) is 1. The Morgan fingerprint density at radius 2 is 1.93 bits per heavy atom. The molecule has 27 heavy (non-hydrogen) atoms. The van der Waals surface area contributed by atoms with Crippen molar-refractivity contribution in [3.63, 3.8) is 0 Å². The van der Waals surface area contributed by atoms with Crippen molar-refractivity contribution in [3.8, 4) is 22.6 Å². The third-order valence-corrected chi connectivity index (χ3v) is 4.72. The molecule has 1 aliphatic rings. The van der Waals surface area contributed by atoms with Crippen molar-refractivity contribution < 1.29 is 14.3 Å². The van der Waals surface area contributed by atoms with E-state index in [-0.39, 0.29) is 5.91 Å². The number of anilines is 1. The third-order valence-electron chi connectivity index (χ3n) is 4.47. The Labute approximate surface area is 161 Å². The Kier molecular flexibility index (Phi) is 4.69. The van der Waals surface area contributed by atoms with Gasteiger partial charge in [0, 0.05) is 39.9 Å². The molecule has 0 spiro atoms. The van der Waals surface area contributed by atoms with Crippen molar-refractivity contribution in [1.29, 1.82) is 0 Å². The first-order valence-corrected chi connectivity index (χ1v) is 8.90. The first-order valence-electron chi connectivity index (χ1n) is 8.52. The largest absolute Gasteiger partial charge is 0.496 e. The standard InChI is InChI=1S/C21H17ClN2O3/c1-26-18-5-3-2-4-15(18)17-12-23-20(19-16(17)10-11-27-19)24-21(25)13-6-8-14(22)9-7-13/h2-9,12H,10-11H2,1H3,(H,23,24,25). The molecule has 5 nitrogen and oxygen atoms in total. The van der Waals surface area contributed by atoms with Gasteiger partial charge in [0.2, 0.25) is 0 Å². The molecule has 6 heteroatoms. The molecule has 1 aliphatic heterocycles. The summed E-state index contributed by atoms with van der Waals surface area (Å²) in [7, 11) is 1.64. The normalized spacial score (nSPS) is 12.2. The highest BCUT2D eigenvalue weighted by molar-refractivity contribution is 6.30. The highest BCUT2D eigenvalue weighted by Gasteiger charge is 2.24. The molecule has 0 saturated carbocycles. The number of hydrogen-bond donors (Lipinski definition) is 1. The summed E-state index contributed by atoms with van der Waals surface area (Å²) in [4.78, 5) is 17.0. The zero-order chi connectivity index (χ0) is 18.8. The fourth-order valence-corrected chi connectivity index (χ4v) is 3.28. The molecule has 2 aromatic carbocycles. The van der Waals surface area contributed by atoms with Crippen molar-refractivity contribution >= 4 is 23.3 Å². The van der Waals surface area contributed by atoms with Crippen molar-refractivity contribution in [2.45, 2.75) is 6.42 Å². The van der Waals surface area contributed by atoms with Gasteiger partial charge in [-0.05, 0) is 30.3 Å². The quantitative estimate of drug-likeness (QED) is 0.718. The van der Waals surface area contributed by atoms with Crippen LogP contribution in [0.5, 0.6) is 11.5 Å². The number of carbonyl (C=O) groups excluding carboxylic acids is 1. The second kappa shape index (κ2) is 7.29. The van der Waals surface area contributed by atoms with E-state index >= 15 is 0 Å². The van der Waals surface area contributed by atoms with Crippen LogP contribution in [0.15, 0.2) is 54.7 Å². The molecule has 0 fully saturated rings. The van der Waals surface area contributed by atoms with E-state index in [1.54, 1.807) is 37.6 Å². The van der Waals surface area contributed by atoms with E-state index in [1.165, 1.54) is 0 Å². The Morgan fingerprint density at radius 1 is 1.15 bits per heavy atom. The molecule has 0 unspecified atom stereocenters. The SMILES string of the molecule is COc1ccccc1-c1cnc(NC(=O)c2ccc(Cl)cc2)c2c1CCO2. The van der Waals surface area contributed by atoms with Gasteiger partial charge < -0.3 is 14.8 Å². The number of pyridine rings is 1. The van der Waals surface area contributed by atoms with E-state index < -0.39 is 0 Å². The summed E-state index contributed by atoms with van der Waals surface area (Å²) in [5.41, 5.74) is 3.41. The molecular weight excluding hydrogens is 364 g/mol. The summed E-state index contributed by atoms with van der Waals surface area (Å²) in [5.74, 6) is 1.54. The van der Waals surface area contributed by atoms with Gasteiger partial charge >= 0.3 is 0 Å². The van der Waals surface area contributed by atoms with Crippen LogP contribution in [-0.2, 0) is 6.42 Å². The number of rotatable bonds is 4. The van der Waals surface area contributed by atoms with Crippen molar-refractivity contribution in [2.24, 2.45) is 0 Å². The predicted molar refractivity (Wildman–Crippen MR) is 105 cm³/mol. The fourth-order valence-electron chi connectivity index (χ4n) is 3.16. The summed E-state index contributed by atoms with van der Waals surface area (Å²) in [6, 6.07) is 14.5. The zero-order valence-electron chi connectivity index (χ0n) is 14.7. The van der Waals surface area contributed by atoms with Crippen molar-refractivity contribution in [3.05, 3.63) is 70.9 Å². The highest BCUT2D eigenvalue weighted by atomic mass is 35.5. The van der Waals surface area contributed by atoms with Gasteiger partial charge in [0.25, 0.3) is 5.91 Å². The molecule has 2 heterocycles. The molecule has 0 aliphatic carbocycles. The van der Waals surface area contributed by atoms with Crippen LogP contribution < -0.4 is 14.8 Å². The number of carbonyl (C=O) groups is 1. The van der Waals surface area contributed by atoms with Crippen molar-refractivity contribution in [2.75, 3.05) is 19.0 Å². The van der Waals surface area contributed by atoms with Crippen molar-refractivity contribution in [1.82, 2.24) is 4.98 Å². The summed E-state index contributed by atoms with van der Waals surface area (Å²) in [5, 5.41) is 3.41. The highest BCUT2D eigenvalue weighted by Crippen LogP contribution is 2.41. The van der Waals surface area contributed by atoms with E-state index in [1.807, 2.05) is 24.3 Å². The van der Waals surface area contributed by atoms with E-state index in [4.69, 9.17) is 21.1 Å². The molecule has 0 bridgehead atoms. The average Bonchev–Trinajstić information content (AvgIpc) is 3.19. The van der Waals surface area contributed by atoms with E-state index in [0.717, 1.165) is 28.9 Å². The fraction of sp³-hybridized carbons (Fsp3) is 0.143. The minimum absolute atomic E-state index is 0.262. The molecule has 0 saturated heterocycles. The smallest absolute Gasteiger partial charge is 0.256 e. The maximum atomic E-state index is 12.5. The molecule has 3 aromatic rings. The number of nitrogens with one attached hydrogen (secondary N) is 1. The molecule has 1 amide bonds. The molecule has 1 N–H and O–H groups in total. The maximum Gasteiger partial charge on any atom is 0.256 e. The zero-order valence-corrected chi connectivity index (χ0v) is 15.4. The van der Waals surface area contributed by atoms with E-state index in [2.05, 4.69) is 10.3 Å². The summed E-state index contributed by atoms with van der Waals surface area (Å²) in [6.07, 6.45) is 2.50. The van der Waals surface area contributed by atoms with Crippen LogP contribution in [0.25, 0.3) is 11.1 Å². The van der Waals surface area contributed by atoms with Crippen LogP contribution >= 0.6 is 11.6 Å². The minimum Gasteiger partial charge on any atom is -0.496 e. The number of hydrogen-bond acceptors (Lipinski definition) is 4. The van der Waals surface area contributed by atoms with E-state index in [9.17, 15) is 4.79 Å². The lowest BCUT2D eigenvalue weighted by molar-refractivity contribution is 0.102. The monoisotopic (exact) mass is 380 g/mol. The Balaban J connectivity index is 1.69. The van der Waals surface area contributed by atoms with E-state index in [0.29, 0.717) is 28.8 Å². The number of benzene rings is 2. The Hall–Kier alpha value is -3.05. The van der Waals surface area contributed by atoms with Gasteiger partial charge in [0.05, 0.1) is 13.7 Å². The van der Waals surface area contributed by atoms with Gasteiger partial charge in [0.1, 0.15) is 5.75 Å². The molecule has 0 radical (unpaired) electrons. The summed E-state index contributed by atoms with van der Waals surface area (Å²) < 4.78 is 11.3. The molecule has 4 rings (SSSR count). The molecular formula is C21H17ClN2O3. The van der Waals surface area contributed by atoms with Gasteiger partial charge in [0.15, 0.2) is 11.6 Å².